The van der Waals surface area contributed by atoms with E-state index in [4.69, 9.17) is 24.1 Å². The maximum absolute atomic E-state index is 11.1. The van der Waals surface area contributed by atoms with Gasteiger partial charge < -0.3 is 24.1 Å². The molecule has 1 N–H and O–H groups in total. The van der Waals surface area contributed by atoms with Crippen LogP contribution in [0.25, 0.3) is 0 Å². The van der Waals surface area contributed by atoms with Crippen molar-refractivity contribution in [2.75, 3.05) is 39.6 Å². The Balaban J connectivity index is 3.41. The molecule has 0 amide bonds. The Morgan fingerprint density at radius 1 is 0.643 bits per heavy atom. The average molecular weight is 405 g/mol. The van der Waals surface area contributed by atoms with Crippen molar-refractivity contribution in [1.29, 1.82) is 0 Å². The molecule has 28 heavy (non-hydrogen) atoms. The summed E-state index contributed by atoms with van der Waals surface area (Å²) < 4.78 is 21.0. The van der Waals surface area contributed by atoms with E-state index < -0.39 is 12.3 Å². The van der Waals surface area contributed by atoms with Gasteiger partial charge in [-0.1, -0.05) is 77.6 Å². The molecule has 0 heterocycles. The zero-order valence-electron chi connectivity index (χ0n) is 18.3. The Bertz CT molecular complexity index is 324. The van der Waals surface area contributed by atoms with Crippen molar-refractivity contribution >= 4 is 5.97 Å². The fraction of sp³-hybridized carbons (Fsp3) is 0.955. The lowest BCUT2D eigenvalue weighted by Gasteiger charge is -2.14. The van der Waals surface area contributed by atoms with E-state index in [1.54, 1.807) is 0 Å². The monoisotopic (exact) mass is 404 g/mol. The predicted molar refractivity (Wildman–Crippen MR) is 112 cm³/mol. The second-order valence-electron chi connectivity index (χ2n) is 7.11. The first-order valence-corrected chi connectivity index (χ1v) is 11.3. The molecular weight excluding hydrogens is 360 g/mol. The summed E-state index contributed by atoms with van der Waals surface area (Å²) in [4.78, 5) is 11.1. The summed E-state index contributed by atoms with van der Waals surface area (Å²) >= 11 is 0. The summed E-state index contributed by atoms with van der Waals surface area (Å²) in [5.74, 6) is -1.09. The maximum atomic E-state index is 11.1. The van der Waals surface area contributed by atoms with E-state index in [0.717, 1.165) is 12.8 Å². The van der Waals surface area contributed by atoms with Gasteiger partial charge in [0.2, 0.25) is 0 Å². The van der Waals surface area contributed by atoms with Gasteiger partial charge in [0.05, 0.1) is 33.0 Å². The van der Waals surface area contributed by atoms with Crippen molar-refractivity contribution in [3.05, 3.63) is 0 Å². The number of carboxylic acids is 1. The molecular formula is C22H44O6. The highest BCUT2D eigenvalue weighted by molar-refractivity contribution is 5.70. The summed E-state index contributed by atoms with van der Waals surface area (Å²) in [5, 5.41) is 9.13. The van der Waals surface area contributed by atoms with Gasteiger partial charge in [0.25, 0.3) is 6.29 Å². The number of hydrogen-bond acceptors (Lipinski definition) is 5. The van der Waals surface area contributed by atoms with Crippen LogP contribution in [0.5, 0.6) is 0 Å². The molecule has 0 spiro atoms. The highest BCUT2D eigenvalue weighted by Crippen LogP contribution is 2.12. The first kappa shape index (κ1) is 27.3. The van der Waals surface area contributed by atoms with Crippen molar-refractivity contribution < 1.29 is 28.8 Å². The van der Waals surface area contributed by atoms with Crippen molar-refractivity contribution in [2.24, 2.45) is 0 Å². The molecule has 0 bridgehead atoms. The van der Waals surface area contributed by atoms with Gasteiger partial charge in [0.15, 0.2) is 0 Å². The van der Waals surface area contributed by atoms with E-state index in [1.165, 1.54) is 64.2 Å². The van der Waals surface area contributed by atoms with E-state index in [1.807, 2.05) is 6.92 Å². The summed E-state index contributed by atoms with van der Waals surface area (Å²) in [6, 6.07) is 0. The largest absolute Gasteiger partial charge is 0.477 e. The Labute approximate surface area is 172 Å². The van der Waals surface area contributed by atoms with Crippen LogP contribution in [0.2, 0.25) is 0 Å². The van der Waals surface area contributed by atoms with Crippen molar-refractivity contribution in [1.82, 2.24) is 0 Å². The van der Waals surface area contributed by atoms with Crippen LogP contribution < -0.4 is 0 Å². The van der Waals surface area contributed by atoms with Gasteiger partial charge in [0, 0.05) is 6.61 Å². The van der Waals surface area contributed by atoms with Gasteiger partial charge in [-0.05, 0) is 13.3 Å². The minimum Gasteiger partial charge on any atom is -0.477 e. The van der Waals surface area contributed by atoms with Crippen LogP contribution in [0, 0.1) is 0 Å². The van der Waals surface area contributed by atoms with Crippen LogP contribution in [-0.4, -0.2) is 57.0 Å². The standard InChI is InChI=1S/C22H44O6/c1-3-5-6-7-8-9-10-11-12-13-14-15-16-27-22(21(23)24)28-20-19-26-18-17-25-4-2/h22H,3-20H2,1-2H3,(H,23,24). The van der Waals surface area contributed by atoms with E-state index in [2.05, 4.69) is 6.92 Å². The second kappa shape index (κ2) is 22.6. The van der Waals surface area contributed by atoms with Gasteiger partial charge >= 0.3 is 5.97 Å². The Kier molecular flexibility index (Phi) is 22.0. The van der Waals surface area contributed by atoms with Crippen LogP contribution in [0.15, 0.2) is 0 Å². The van der Waals surface area contributed by atoms with E-state index in [-0.39, 0.29) is 6.61 Å². The molecule has 0 saturated heterocycles. The van der Waals surface area contributed by atoms with Crippen molar-refractivity contribution in [3.8, 4) is 0 Å². The average Bonchev–Trinajstić information content (AvgIpc) is 2.68. The Hall–Kier alpha value is -0.690. The summed E-state index contributed by atoms with van der Waals surface area (Å²) in [6.45, 7) is 6.80. The molecule has 0 rings (SSSR count). The first-order valence-electron chi connectivity index (χ1n) is 11.3. The lowest BCUT2D eigenvalue weighted by atomic mass is 10.1. The highest BCUT2D eigenvalue weighted by atomic mass is 16.7. The minimum absolute atomic E-state index is 0.196. The maximum Gasteiger partial charge on any atom is 0.361 e. The van der Waals surface area contributed by atoms with E-state index in [9.17, 15) is 4.79 Å². The van der Waals surface area contributed by atoms with Crippen LogP contribution in [-0.2, 0) is 23.7 Å². The molecule has 1 atom stereocenters. The third-order valence-electron chi connectivity index (χ3n) is 4.54. The van der Waals surface area contributed by atoms with Gasteiger partial charge in [-0.3, -0.25) is 0 Å². The zero-order valence-corrected chi connectivity index (χ0v) is 18.3. The Morgan fingerprint density at radius 3 is 1.64 bits per heavy atom. The third kappa shape index (κ3) is 20.1. The molecule has 168 valence electrons. The molecule has 0 aromatic heterocycles. The molecule has 0 radical (unpaired) electrons. The van der Waals surface area contributed by atoms with Crippen molar-refractivity contribution in [2.45, 2.75) is 97.2 Å². The van der Waals surface area contributed by atoms with Gasteiger partial charge in [-0.2, -0.15) is 0 Å². The molecule has 0 aliphatic heterocycles. The topological polar surface area (TPSA) is 74.2 Å². The minimum atomic E-state index is -1.21. The molecule has 6 nitrogen and oxygen atoms in total. The fourth-order valence-electron chi connectivity index (χ4n) is 2.90. The highest BCUT2D eigenvalue weighted by Gasteiger charge is 2.18. The summed E-state index contributed by atoms with van der Waals surface area (Å²) in [5.41, 5.74) is 0. The van der Waals surface area contributed by atoms with Crippen LogP contribution in [0.3, 0.4) is 0 Å². The van der Waals surface area contributed by atoms with Crippen LogP contribution in [0.4, 0.5) is 0 Å². The number of hydrogen-bond donors (Lipinski definition) is 1. The molecule has 0 aliphatic rings. The normalized spacial score (nSPS) is 12.4. The smallest absolute Gasteiger partial charge is 0.361 e. The fourth-order valence-corrected chi connectivity index (χ4v) is 2.90. The number of rotatable bonds is 23. The number of aliphatic carboxylic acids is 1. The molecule has 0 saturated carbocycles. The molecule has 6 heteroatoms. The van der Waals surface area contributed by atoms with Crippen LogP contribution in [0.1, 0.15) is 90.9 Å². The number of carbonyl (C=O) groups is 1. The quantitative estimate of drug-likeness (QED) is 0.187. The first-order chi connectivity index (χ1) is 13.7. The second-order valence-corrected chi connectivity index (χ2v) is 7.11. The lowest BCUT2D eigenvalue weighted by Crippen LogP contribution is -2.29. The number of ether oxygens (including phenoxy) is 4. The van der Waals surface area contributed by atoms with Gasteiger partial charge in [0.1, 0.15) is 0 Å². The predicted octanol–water partition coefficient (Wildman–Crippen LogP) is 5.18. The van der Waals surface area contributed by atoms with E-state index in [0.29, 0.717) is 33.0 Å². The van der Waals surface area contributed by atoms with Crippen molar-refractivity contribution in [3.63, 3.8) is 0 Å². The number of unbranched alkanes of at least 4 members (excludes halogenated alkanes) is 11. The van der Waals surface area contributed by atoms with Gasteiger partial charge in [-0.25, -0.2) is 4.79 Å². The number of carboxylic acid groups (broad SMARTS) is 1. The van der Waals surface area contributed by atoms with Gasteiger partial charge in [-0.15, -0.1) is 0 Å². The summed E-state index contributed by atoms with van der Waals surface area (Å²) in [6.07, 6.45) is 14.0. The Morgan fingerprint density at radius 2 is 1.11 bits per heavy atom. The zero-order chi connectivity index (χ0) is 20.7. The molecule has 0 aromatic carbocycles. The molecule has 0 aromatic rings. The van der Waals surface area contributed by atoms with Crippen LogP contribution >= 0.6 is 0 Å². The SMILES string of the molecule is CCCCCCCCCCCCCCOC(OCCOCCOCC)C(=O)O. The molecule has 0 fully saturated rings. The third-order valence-corrected chi connectivity index (χ3v) is 4.54. The summed E-state index contributed by atoms with van der Waals surface area (Å²) in [7, 11) is 0. The molecule has 1 unspecified atom stereocenters. The lowest BCUT2D eigenvalue weighted by molar-refractivity contribution is -0.192. The van der Waals surface area contributed by atoms with E-state index >= 15 is 0 Å². The molecule has 0 aliphatic carbocycles.